The monoisotopic (exact) mass is 303 g/mol. The number of nitriles is 1. The van der Waals surface area contributed by atoms with Gasteiger partial charge in [0.25, 0.3) is 0 Å². The normalized spacial score (nSPS) is 18.2. The smallest absolute Gasteiger partial charge is 0.408 e. The second-order valence-electron chi connectivity index (χ2n) is 4.70. The number of phenolic OH excluding ortho intramolecular Hbond substituents is 1. The number of hydrogen-bond acceptors (Lipinski definition) is 4. The molecule has 1 saturated heterocycles. The third-order valence-electron chi connectivity index (χ3n) is 3.39. The van der Waals surface area contributed by atoms with Gasteiger partial charge in [-0.3, -0.25) is 4.90 Å². The van der Waals surface area contributed by atoms with Gasteiger partial charge >= 0.3 is 6.18 Å². The van der Waals surface area contributed by atoms with E-state index >= 15 is 0 Å². The lowest BCUT2D eigenvalue weighted by Crippen LogP contribution is -2.49. The molecule has 1 aromatic carbocycles. The van der Waals surface area contributed by atoms with E-state index in [2.05, 4.69) is 5.32 Å². The number of halogens is 4. The van der Waals surface area contributed by atoms with Crippen molar-refractivity contribution >= 4 is 0 Å². The van der Waals surface area contributed by atoms with Crippen molar-refractivity contribution in [3.05, 3.63) is 29.1 Å². The lowest BCUT2D eigenvalue weighted by atomic mass is 9.97. The molecule has 1 aliphatic heterocycles. The molecule has 1 aliphatic rings. The molecule has 0 saturated carbocycles. The van der Waals surface area contributed by atoms with Gasteiger partial charge in [-0.15, -0.1) is 0 Å². The molecule has 4 nitrogen and oxygen atoms in total. The van der Waals surface area contributed by atoms with Crippen LogP contribution in [0.15, 0.2) is 12.1 Å². The maximum absolute atomic E-state index is 13.5. The van der Waals surface area contributed by atoms with Gasteiger partial charge in [-0.25, -0.2) is 4.39 Å². The van der Waals surface area contributed by atoms with Gasteiger partial charge in [-0.1, -0.05) is 0 Å². The number of aromatic hydroxyl groups is 1. The minimum atomic E-state index is -4.73. The molecule has 0 aliphatic carbocycles. The Morgan fingerprint density at radius 2 is 1.90 bits per heavy atom. The van der Waals surface area contributed by atoms with Crippen molar-refractivity contribution in [2.24, 2.45) is 0 Å². The molecule has 0 unspecified atom stereocenters. The fourth-order valence-electron chi connectivity index (χ4n) is 2.45. The number of phenols is 1. The summed E-state index contributed by atoms with van der Waals surface area (Å²) in [5.41, 5.74) is -1.10. The third-order valence-corrected chi connectivity index (χ3v) is 3.39. The van der Waals surface area contributed by atoms with Crippen molar-refractivity contribution in [2.45, 2.75) is 12.2 Å². The Morgan fingerprint density at radius 3 is 2.43 bits per heavy atom. The predicted octanol–water partition coefficient (Wildman–Crippen LogP) is 1.91. The van der Waals surface area contributed by atoms with Gasteiger partial charge in [0.1, 0.15) is 6.04 Å². The van der Waals surface area contributed by atoms with E-state index in [0.29, 0.717) is 13.1 Å². The first kappa shape index (κ1) is 15.5. The van der Waals surface area contributed by atoms with E-state index in [0.717, 1.165) is 17.0 Å². The maximum Gasteiger partial charge on any atom is 0.408 e. The van der Waals surface area contributed by atoms with E-state index in [-0.39, 0.29) is 18.7 Å². The Kier molecular flexibility index (Phi) is 4.34. The molecular formula is C13H13F4N3O. The Hall–Kier alpha value is -1.85. The molecule has 2 rings (SSSR count). The van der Waals surface area contributed by atoms with Crippen molar-refractivity contribution in [3.8, 4) is 11.8 Å². The van der Waals surface area contributed by atoms with E-state index in [9.17, 15) is 22.7 Å². The highest BCUT2D eigenvalue weighted by atomic mass is 19.4. The molecule has 1 fully saturated rings. The topological polar surface area (TPSA) is 59.3 Å². The molecule has 1 atom stereocenters. The quantitative estimate of drug-likeness (QED) is 0.820. The summed E-state index contributed by atoms with van der Waals surface area (Å²) in [6.07, 6.45) is -4.73. The molecule has 0 spiro atoms. The maximum atomic E-state index is 13.5. The Labute approximate surface area is 118 Å². The van der Waals surface area contributed by atoms with Crippen LogP contribution in [0.3, 0.4) is 0 Å². The van der Waals surface area contributed by atoms with Crippen LogP contribution < -0.4 is 5.32 Å². The zero-order valence-corrected chi connectivity index (χ0v) is 10.9. The van der Waals surface area contributed by atoms with E-state index in [1.165, 1.54) is 0 Å². The number of nitrogens with one attached hydrogen (secondary N) is 1. The summed E-state index contributed by atoms with van der Waals surface area (Å²) in [6, 6.07) is 1.11. The van der Waals surface area contributed by atoms with Gasteiger partial charge < -0.3 is 10.4 Å². The van der Waals surface area contributed by atoms with Crippen LogP contribution in [0.5, 0.6) is 5.75 Å². The van der Waals surface area contributed by atoms with Crippen molar-refractivity contribution in [1.29, 1.82) is 5.26 Å². The fourth-order valence-corrected chi connectivity index (χ4v) is 2.45. The number of rotatable bonds is 2. The lowest BCUT2D eigenvalue weighted by molar-refractivity contribution is -0.188. The first-order valence-corrected chi connectivity index (χ1v) is 6.29. The van der Waals surface area contributed by atoms with Gasteiger partial charge in [0.05, 0.1) is 11.6 Å². The highest BCUT2D eigenvalue weighted by Crippen LogP contribution is 2.43. The van der Waals surface area contributed by atoms with Crippen LogP contribution in [0.2, 0.25) is 0 Å². The largest absolute Gasteiger partial charge is 0.505 e. The molecular weight excluding hydrogens is 290 g/mol. The molecule has 0 amide bonds. The van der Waals surface area contributed by atoms with Gasteiger partial charge in [0, 0.05) is 31.7 Å². The van der Waals surface area contributed by atoms with Gasteiger partial charge in [0.2, 0.25) is 0 Å². The van der Waals surface area contributed by atoms with Crippen LogP contribution in [-0.2, 0) is 0 Å². The molecule has 0 aromatic heterocycles. The zero-order chi connectivity index (χ0) is 15.6. The standard InChI is InChI=1S/C13H13F4N3O/c14-9-2-1-8(7-18)10(11(9)21)12(13(15,16)17)20-5-3-19-4-6-20/h1-2,12,19,21H,3-6H2/t12-/m1/s1. The van der Waals surface area contributed by atoms with Gasteiger partial charge in [0.15, 0.2) is 11.6 Å². The first-order chi connectivity index (χ1) is 9.86. The van der Waals surface area contributed by atoms with Crippen LogP contribution in [0, 0.1) is 17.1 Å². The van der Waals surface area contributed by atoms with Crippen LogP contribution >= 0.6 is 0 Å². The van der Waals surface area contributed by atoms with Crippen molar-refractivity contribution < 1.29 is 22.7 Å². The first-order valence-electron chi connectivity index (χ1n) is 6.29. The summed E-state index contributed by atoms with van der Waals surface area (Å²) >= 11 is 0. The van der Waals surface area contributed by atoms with Crippen molar-refractivity contribution in [2.75, 3.05) is 26.2 Å². The number of piperazine rings is 1. The molecule has 0 bridgehead atoms. The molecule has 0 radical (unpaired) electrons. The van der Waals surface area contributed by atoms with Crippen molar-refractivity contribution in [1.82, 2.24) is 10.2 Å². The highest BCUT2D eigenvalue weighted by Gasteiger charge is 2.47. The van der Waals surface area contributed by atoms with Crippen LogP contribution in [0.4, 0.5) is 17.6 Å². The van der Waals surface area contributed by atoms with E-state index in [4.69, 9.17) is 5.26 Å². The summed E-state index contributed by atoms with van der Waals surface area (Å²) in [5.74, 6) is -2.29. The Balaban J connectivity index is 2.56. The van der Waals surface area contributed by atoms with E-state index in [1.54, 1.807) is 6.07 Å². The highest BCUT2D eigenvalue weighted by molar-refractivity contribution is 5.49. The minimum Gasteiger partial charge on any atom is -0.505 e. The summed E-state index contributed by atoms with van der Waals surface area (Å²) in [6.45, 7) is 0.880. The van der Waals surface area contributed by atoms with E-state index in [1.807, 2.05) is 0 Å². The molecule has 1 aromatic rings. The van der Waals surface area contributed by atoms with Gasteiger partial charge in [-0.2, -0.15) is 18.4 Å². The van der Waals surface area contributed by atoms with E-state index < -0.39 is 29.3 Å². The van der Waals surface area contributed by atoms with Gasteiger partial charge in [-0.05, 0) is 12.1 Å². The molecule has 114 valence electrons. The van der Waals surface area contributed by atoms with Crippen molar-refractivity contribution in [3.63, 3.8) is 0 Å². The summed E-state index contributed by atoms with van der Waals surface area (Å²) < 4.78 is 53.7. The number of alkyl halides is 3. The fraction of sp³-hybridized carbons (Fsp3) is 0.462. The number of nitrogens with zero attached hydrogens (tertiary/aromatic N) is 2. The molecule has 1 heterocycles. The second-order valence-corrected chi connectivity index (χ2v) is 4.70. The Morgan fingerprint density at radius 1 is 1.29 bits per heavy atom. The molecule has 21 heavy (non-hydrogen) atoms. The zero-order valence-electron chi connectivity index (χ0n) is 10.9. The average molecular weight is 303 g/mol. The van der Waals surface area contributed by atoms with Crippen LogP contribution in [0.1, 0.15) is 17.2 Å². The third kappa shape index (κ3) is 3.09. The predicted molar refractivity (Wildman–Crippen MR) is 66.0 cm³/mol. The molecule has 8 heteroatoms. The lowest BCUT2D eigenvalue weighted by Gasteiger charge is -2.36. The summed E-state index contributed by atoms with van der Waals surface area (Å²) in [4.78, 5) is 1.09. The summed E-state index contributed by atoms with van der Waals surface area (Å²) in [7, 11) is 0. The Bertz CT molecular complexity index is 562. The minimum absolute atomic E-state index is 0.0883. The SMILES string of the molecule is N#Cc1ccc(F)c(O)c1[C@@H](N1CCNCC1)C(F)(F)F. The average Bonchev–Trinajstić information content (AvgIpc) is 2.44. The van der Waals surface area contributed by atoms with Crippen LogP contribution in [0.25, 0.3) is 0 Å². The van der Waals surface area contributed by atoms with Crippen LogP contribution in [-0.4, -0.2) is 42.4 Å². The number of benzene rings is 1. The second kappa shape index (κ2) is 5.87. The summed E-state index contributed by atoms with van der Waals surface area (Å²) in [5, 5.41) is 21.6. The number of hydrogen-bond donors (Lipinski definition) is 2. The molecule has 2 N–H and O–H groups in total.